The van der Waals surface area contributed by atoms with Crippen LogP contribution in [-0.2, 0) is 33.3 Å². The molecule has 9 heteroatoms. The average molecular weight is 396 g/mol. The van der Waals surface area contributed by atoms with Crippen molar-refractivity contribution in [2.24, 2.45) is 0 Å². The lowest BCUT2D eigenvalue weighted by Crippen LogP contribution is -2.58. The van der Waals surface area contributed by atoms with E-state index in [4.69, 9.17) is 23.7 Å². The monoisotopic (exact) mass is 396 g/mol. The SMILES string of the molecule is CC(=O)OC[C@H]1O[C@@H](Sc2ccc(C)cc2)[C@@H]2OC(=O)O[C@H]2[C@@H]1OC(C)=O. The molecule has 0 unspecified atom stereocenters. The molecule has 0 aliphatic carbocycles. The maximum Gasteiger partial charge on any atom is 0.509 e. The van der Waals surface area contributed by atoms with Crippen molar-refractivity contribution in [2.45, 2.75) is 55.5 Å². The summed E-state index contributed by atoms with van der Waals surface area (Å²) in [6.45, 7) is 4.35. The predicted molar refractivity (Wildman–Crippen MR) is 93.0 cm³/mol. The van der Waals surface area contributed by atoms with Gasteiger partial charge in [-0.25, -0.2) is 4.79 Å². The summed E-state index contributed by atoms with van der Waals surface area (Å²) in [5.41, 5.74) is 0.497. The zero-order chi connectivity index (χ0) is 19.6. The Hall–Kier alpha value is -2.26. The van der Waals surface area contributed by atoms with Gasteiger partial charge in [-0.15, -0.1) is 0 Å². The minimum Gasteiger partial charge on any atom is -0.463 e. The van der Waals surface area contributed by atoms with Gasteiger partial charge in [0, 0.05) is 18.7 Å². The normalized spacial score (nSPS) is 29.3. The maximum atomic E-state index is 11.7. The molecule has 27 heavy (non-hydrogen) atoms. The first-order chi connectivity index (χ1) is 12.8. The van der Waals surface area contributed by atoms with Gasteiger partial charge in [0.05, 0.1) is 0 Å². The number of benzene rings is 1. The third kappa shape index (κ3) is 4.72. The van der Waals surface area contributed by atoms with Gasteiger partial charge in [-0.1, -0.05) is 29.5 Å². The Morgan fingerprint density at radius 1 is 1.07 bits per heavy atom. The minimum atomic E-state index is -0.937. The zero-order valence-corrected chi connectivity index (χ0v) is 15.9. The fourth-order valence-electron chi connectivity index (χ4n) is 2.90. The van der Waals surface area contributed by atoms with Crippen LogP contribution in [0.4, 0.5) is 4.79 Å². The highest BCUT2D eigenvalue weighted by atomic mass is 32.2. The van der Waals surface area contributed by atoms with Gasteiger partial charge in [0.25, 0.3) is 0 Å². The van der Waals surface area contributed by atoms with E-state index in [9.17, 15) is 14.4 Å². The number of ether oxygens (including phenoxy) is 5. The Labute approximate surface area is 160 Å². The lowest BCUT2D eigenvalue weighted by atomic mass is 10.00. The van der Waals surface area contributed by atoms with E-state index in [1.54, 1.807) is 0 Å². The Balaban J connectivity index is 1.83. The van der Waals surface area contributed by atoms with Crippen LogP contribution in [0.2, 0.25) is 0 Å². The first kappa shape index (κ1) is 19.5. The van der Waals surface area contributed by atoms with Crippen LogP contribution in [0.25, 0.3) is 0 Å². The van der Waals surface area contributed by atoms with Gasteiger partial charge in [0.2, 0.25) is 0 Å². The summed E-state index contributed by atoms with van der Waals surface area (Å²) < 4.78 is 26.8. The van der Waals surface area contributed by atoms with Gasteiger partial charge in [-0.05, 0) is 19.1 Å². The summed E-state index contributed by atoms with van der Waals surface area (Å²) in [7, 11) is 0. The topological polar surface area (TPSA) is 97.4 Å². The number of aryl methyl sites for hydroxylation is 1. The van der Waals surface area contributed by atoms with E-state index in [0.29, 0.717) is 0 Å². The van der Waals surface area contributed by atoms with Crippen molar-refractivity contribution in [3.8, 4) is 0 Å². The third-order valence-corrected chi connectivity index (χ3v) is 5.24. The Kier molecular flexibility index (Phi) is 5.91. The van der Waals surface area contributed by atoms with E-state index in [1.165, 1.54) is 25.6 Å². The molecule has 2 aliphatic heterocycles. The van der Waals surface area contributed by atoms with Crippen molar-refractivity contribution in [1.29, 1.82) is 0 Å². The lowest BCUT2D eigenvalue weighted by molar-refractivity contribution is -0.200. The molecule has 3 rings (SSSR count). The Morgan fingerprint density at radius 3 is 2.37 bits per heavy atom. The van der Waals surface area contributed by atoms with E-state index >= 15 is 0 Å². The number of thioether (sulfide) groups is 1. The molecule has 2 heterocycles. The number of rotatable bonds is 5. The third-order valence-electron chi connectivity index (χ3n) is 4.08. The summed E-state index contributed by atoms with van der Waals surface area (Å²) >= 11 is 1.35. The number of carbonyl (C=O) groups is 3. The molecule has 8 nitrogen and oxygen atoms in total. The quantitative estimate of drug-likeness (QED) is 0.548. The van der Waals surface area contributed by atoms with Crippen LogP contribution >= 0.6 is 11.8 Å². The molecular weight excluding hydrogens is 376 g/mol. The molecule has 2 aliphatic rings. The van der Waals surface area contributed by atoms with Crippen LogP contribution in [0.1, 0.15) is 19.4 Å². The average Bonchev–Trinajstić information content (AvgIpc) is 2.99. The highest BCUT2D eigenvalue weighted by molar-refractivity contribution is 7.99. The van der Waals surface area contributed by atoms with E-state index in [-0.39, 0.29) is 6.61 Å². The molecule has 0 spiro atoms. The van der Waals surface area contributed by atoms with Gasteiger partial charge in [0.1, 0.15) is 18.1 Å². The Bertz CT molecular complexity index is 719. The molecule has 0 amide bonds. The standard InChI is InChI=1S/C18H20O8S/c1-9-4-6-12(7-5-9)27-17-16-15(25-18(21)26-16)14(23-11(3)20)13(24-17)8-22-10(2)19/h4-7,13-17H,8H2,1-3H3/t13-,14-,15+,16-,17+/m1/s1. The first-order valence-electron chi connectivity index (χ1n) is 8.40. The summed E-state index contributed by atoms with van der Waals surface area (Å²) in [5.74, 6) is -1.06. The summed E-state index contributed by atoms with van der Waals surface area (Å²) in [5, 5.41) is 0. The van der Waals surface area contributed by atoms with E-state index < -0.39 is 47.9 Å². The van der Waals surface area contributed by atoms with E-state index in [1.807, 2.05) is 31.2 Å². The van der Waals surface area contributed by atoms with Crippen molar-refractivity contribution in [3.05, 3.63) is 29.8 Å². The molecule has 2 fully saturated rings. The fourth-order valence-corrected chi connectivity index (χ4v) is 4.01. The number of hydrogen-bond acceptors (Lipinski definition) is 9. The van der Waals surface area contributed by atoms with Gasteiger partial charge in [0.15, 0.2) is 18.3 Å². The van der Waals surface area contributed by atoms with Crippen molar-refractivity contribution in [1.82, 2.24) is 0 Å². The zero-order valence-electron chi connectivity index (χ0n) is 15.1. The minimum absolute atomic E-state index is 0.140. The largest absolute Gasteiger partial charge is 0.509 e. The lowest BCUT2D eigenvalue weighted by Gasteiger charge is -2.39. The molecule has 1 aromatic carbocycles. The molecule has 146 valence electrons. The van der Waals surface area contributed by atoms with Gasteiger partial charge in [-0.3, -0.25) is 9.59 Å². The molecule has 0 bridgehead atoms. The van der Waals surface area contributed by atoms with Crippen LogP contribution < -0.4 is 0 Å². The number of fused-ring (bicyclic) bond motifs is 1. The molecule has 5 atom stereocenters. The molecule has 0 radical (unpaired) electrons. The van der Waals surface area contributed by atoms with Gasteiger partial charge in [-0.2, -0.15) is 0 Å². The first-order valence-corrected chi connectivity index (χ1v) is 9.28. The number of esters is 2. The molecule has 2 saturated heterocycles. The predicted octanol–water partition coefficient (Wildman–Crippen LogP) is 2.21. The fraction of sp³-hybridized carbons (Fsp3) is 0.500. The smallest absolute Gasteiger partial charge is 0.463 e. The molecule has 0 saturated carbocycles. The van der Waals surface area contributed by atoms with Crippen molar-refractivity contribution in [3.63, 3.8) is 0 Å². The van der Waals surface area contributed by atoms with Crippen LogP contribution in [-0.4, -0.2) is 54.6 Å². The van der Waals surface area contributed by atoms with Crippen LogP contribution in [0.15, 0.2) is 29.2 Å². The van der Waals surface area contributed by atoms with Crippen LogP contribution in [0.3, 0.4) is 0 Å². The number of carbonyl (C=O) groups excluding carboxylic acids is 3. The van der Waals surface area contributed by atoms with Crippen LogP contribution in [0, 0.1) is 6.92 Å². The van der Waals surface area contributed by atoms with Gasteiger partial charge < -0.3 is 23.7 Å². The summed E-state index contributed by atoms with van der Waals surface area (Å²) in [6.07, 6.45) is -4.20. The summed E-state index contributed by atoms with van der Waals surface area (Å²) in [6, 6.07) is 7.76. The molecular formula is C18H20O8S. The van der Waals surface area contributed by atoms with E-state index in [0.717, 1.165) is 10.5 Å². The highest BCUT2D eigenvalue weighted by Gasteiger charge is 2.56. The van der Waals surface area contributed by atoms with Crippen molar-refractivity contribution >= 4 is 29.9 Å². The van der Waals surface area contributed by atoms with E-state index in [2.05, 4.69) is 0 Å². The second-order valence-corrected chi connectivity index (χ2v) is 7.44. The maximum absolute atomic E-state index is 11.7. The second kappa shape index (κ2) is 8.18. The molecule has 0 N–H and O–H groups in total. The number of hydrogen-bond donors (Lipinski definition) is 0. The Morgan fingerprint density at radius 2 is 1.74 bits per heavy atom. The molecule has 0 aromatic heterocycles. The molecule has 1 aromatic rings. The second-order valence-electron chi connectivity index (χ2n) is 6.27. The van der Waals surface area contributed by atoms with Crippen molar-refractivity contribution < 1.29 is 38.1 Å². The summed E-state index contributed by atoms with van der Waals surface area (Å²) in [4.78, 5) is 35.3. The van der Waals surface area contributed by atoms with Gasteiger partial charge >= 0.3 is 18.1 Å². The highest BCUT2D eigenvalue weighted by Crippen LogP contribution is 2.40. The van der Waals surface area contributed by atoms with Crippen LogP contribution in [0.5, 0.6) is 0 Å². The van der Waals surface area contributed by atoms with Crippen molar-refractivity contribution in [2.75, 3.05) is 6.61 Å².